The molecular formula is C11H14N6S. The minimum Gasteiger partial charge on any atom is -0.383 e. The summed E-state index contributed by atoms with van der Waals surface area (Å²) >= 11 is 1.32. The zero-order chi connectivity index (χ0) is 13.0. The van der Waals surface area contributed by atoms with Gasteiger partial charge in [0.1, 0.15) is 22.5 Å². The Hall–Kier alpha value is -2.02. The number of anilines is 3. The summed E-state index contributed by atoms with van der Waals surface area (Å²) in [6.45, 7) is 2.84. The van der Waals surface area contributed by atoms with Gasteiger partial charge in [0.2, 0.25) is 0 Å². The first-order valence-corrected chi connectivity index (χ1v) is 6.28. The van der Waals surface area contributed by atoms with E-state index in [1.807, 2.05) is 25.1 Å². The van der Waals surface area contributed by atoms with Crippen molar-refractivity contribution in [1.82, 2.24) is 15.0 Å². The van der Waals surface area contributed by atoms with Gasteiger partial charge in [-0.15, -0.1) is 0 Å². The minimum absolute atomic E-state index is 0.354. The van der Waals surface area contributed by atoms with Gasteiger partial charge in [-0.3, -0.25) is 0 Å². The molecule has 2 aromatic heterocycles. The van der Waals surface area contributed by atoms with Gasteiger partial charge in [0.15, 0.2) is 5.16 Å². The summed E-state index contributed by atoms with van der Waals surface area (Å²) in [5.41, 5.74) is 11.2. The number of rotatable bonds is 4. The summed E-state index contributed by atoms with van der Waals surface area (Å²) in [4.78, 5) is 12.6. The first-order valence-electron chi connectivity index (χ1n) is 5.46. The summed E-state index contributed by atoms with van der Waals surface area (Å²) in [7, 11) is 0. The normalized spacial score (nSPS) is 10.3. The molecular weight excluding hydrogens is 248 g/mol. The monoisotopic (exact) mass is 262 g/mol. The van der Waals surface area contributed by atoms with Crippen molar-refractivity contribution >= 4 is 29.2 Å². The molecule has 2 heterocycles. The van der Waals surface area contributed by atoms with E-state index in [1.54, 1.807) is 0 Å². The standard InChI is InChI=1S/C11H14N6S/c1-2-14-9-4-3-5-10(17-9)18-11-15-7(12)6-8(13)16-11/h3-6H,2H2,1H3,(H,14,17)(H4,12,13,15,16). The number of nitrogens with zero attached hydrogens (tertiary/aromatic N) is 3. The average Bonchev–Trinajstić information content (AvgIpc) is 2.28. The molecule has 0 amide bonds. The van der Waals surface area contributed by atoms with Crippen LogP contribution in [0.4, 0.5) is 17.5 Å². The van der Waals surface area contributed by atoms with Crippen molar-refractivity contribution in [2.45, 2.75) is 17.1 Å². The Morgan fingerprint density at radius 2 is 1.89 bits per heavy atom. The molecule has 7 heteroatoms. The third-order valence-corrected chi connectivity index (χ3v) is 2.82. The largest absolute Gasteiger partial charge is 0.383 e. The molecule has 0 radical (unpaired) electrons. The molecule has 0 spiro atoms. The summed E-state index contributed by atoms with van der Waals surface area (Å²) in [6, 6.07) is 7.23. The molecule has 5 N–H and O–H groups in total. The first kappa shape index (κ1) is 12.4. The van der Waals surface area contributed by atoms with Crippen molar-refractivity contribution in [3.63, 3.8) is 0 Å². The van der Waals surface area contributed by atoms with Gasteiger partial charge in [-0.1, -0.05) is 6.07 Å². The maximum atomic E-state index is 5.61. The van der Waals surface area contributed by atoms with Gasteiger partial charge < -0.3 is 16.8 Å². The lowest BCUT2D eigenvalue weighted by atomic mass is 10.4. The van der Waals surface area contributed by atoms with Crippen molar-refractivity contribution in [1.29, 1.82) is 0 Å². The van der Waals surface area contributed by atoms with E-state index in [2.05, 4.69) is 20.3 Å². The van der Waals surface area contributed by atoms with Crippen LogP contribution in [0.25, 0.3) is 0 Å². The molecule has 0 aromatic carbocycles. The third kappa shape index (κ3) is 3.24. The van der Waals surface area contributed by atoms with Gasteiger partial charge in [-0.25, -0.2) is 15.0 Å². The highest BCUT2D eigenvalue weighted by Gasteiger charge is 2.05. The van der Waals surface area contributed by atoms with E-state index in [1.165, 1.54) is 17.8 Å². The van der Waals surface area contributed by atoms with Crippen LogP contribution in [0.15, 0.2) is 34.4 Å². The predicted molar refractivity (Wildman–Crippen MR) is 73.4 cm³/mol. The lowest BCUT2D eigenvalue weighted by Crippen LogP contribution is -2.01. The molecule has 0 aliphatic carbocycles. The number of aromatic nitrogens is 3. The van der Waals surface area contributed by atoms with Crippen LogP contribution in [0.1, 0.15) is 6.92 Å². The number of nitrogen functional groups attached to an aromatic ring is 2. The molecule has 0 aliphatic rings. The van der Waals surface area contributed by atoms with E-state index >= 15 is 0 Å². The smallest absolute Gasteiger partial charge is 0.197 e. The summed E-state index contributed by atoms with van der Waals surface area (Å²) in [5, 5.41) is 4.43. The van der Waals surface area contributed by atoms with E-state index in [9.17, 15) is 0 Å². The Morgan fingerprint density at radius 3 is 2.56 bits per heavy atom. The minimum atomic E-state index is 0.354. The van der Waals surface area contributed by atoms with E-state index in [4.69, 9.17) is 11.5 Å². The van der Waals surface area contributed by atoms with Crippen molar-refractivity contribution in [2.24, 2.45) is 0 Å². The van der Waals surface area contributed by atoms with Crippen LogP contribution in [-0.4, -0.2) is 21.5 Å². The van der Waals surface area contributed by atoms with Gasteiger partial charge in [0.25, 0.3) is 0 Å². The second kappa shape index (κ2) is 5.54. The molecule has 0 saturated carbocycles. The number of nitrogens with two attached hydrogens (primary N) is 2. The van der Waals surface area contributed by atoms with Crippen molar-refractivity contribution < 1.29 is 0 Å². The Morgan fingerprint density at radius 1 is 1.17 bits per heavy atom. The molecule has 6 nitrogen and oxygen atoms in total. The first-order chi connectivity index (χ1) is 8.67. The van der Waals surface area contributed by atoms with E-state index in [-0.39, 0.29) is 0 Å². The average molecular weight is 262 g/mol. The van der Waals surface area contributed by atoms with E-state index < -0.39 is 0 Å². The Kier molecular flexibility index (Phi) is 3.83. The van der Waals surface area contributed by atoms with Crippen LogP contribution < -0.4 is 16.8 Å². The Labute approximate surface area is 109 Å². The quantitative estimate of drug-likeness (QED) is 0.719. The molecule has 0 saturated heterocycles. The molecule has 0 bridgehead atoms. The number of pyridine rings is 1. The summed E-state index contributed by atoms with van der Waals surface area (Å²) in [6.07, 6.45) is 0. The second-order valence-corrected chi connectivity index (χ2v) is 4.48. The van der Waals surface area contributed by atoms with Gasteiger partial charge in [0, 0.05) is 12.6 Å². The zero-order valence-corrected chi connectivity index (χ0v) is 10.7. The maximum Gasteiger partial charge on any atom is 0.197 e. The fourth-order valence-corrected chi connectivity index (χ4v) is 2.13. The van der Waals surface area contributed by atoms with Crippen molar-refractivity contribution in [2.75, 3.05) is 23.3 Å². The molecule has 18 heavy (non-hydrogen) atoms. The third-order valence-electron chi connectivity index (χ3n) is 2.02. The topological polar surface area (TPSA) is 103 Å². The Bertz CT molecular complexity index is 525. The van der Waals surface area contributed by atoms with Gasteiger partial charge in [-0.05, 0) is 30.8 Å². The van der Waals surface area contributed by atoms with Crippen LogP contribution in [0.3, 0.4) is 0 Å². The lowest BCUT2D eigenvalue weighted by Gasteiger charge is -2.05. The second-order valence-electron chi connectivity index (χ2n) is 3.49. The fourth-order valence-electron chi connectivity index (χ4n) is 1.35. The van der Waals surface area contributed by atoms with Gasteiger partial charge in [0.05, 0.1) is 0 Å². The fraction of sp³-hybridized carbons (Fsp3) is 0.182. The number of hydrogen-bond donors (Lipinski definition) is 3. The molecule has 2 aromatic rings. The molecule has 94 valence electrons. The Balaban J connectivity index is 2.20. The molecule has 2 rings (SSSR count). The van der Waals surface area contributed by atoms with E-state index in [0.717, 1.165) is 17.4 Å². The van der Waals surface area contributed by atoms with Gasteiger partial charge >= 0.3 is 0 Å². The zero-order valence-electron chi connectivity index (χ0n) is 9.92. The number of hydrogen-bond acceptors (Lipinski definition) is 7. The summed E-state index contributed by atoms with van der Waals surface area (Å²) < 4.78 is 0. The SMILES string of the molecule is CCNc1cccc(Sc2nc(N)cc(N)n2)n1. The summed E-state index contributed by atoms with van der Waals surface area (Å²) in [5.74, 6) is 1.53. The maximum absolute atomic E-state index is 5.61. The van der Waals surface area contributed by atoms with Crippen molar-refractivity contribution in [3.05, 3.63) is 24.3 Å². The van der Waals surface area contributed by atoms with E-state index in [0.29, 0.717) is 16.8 Å². The molecule has 0 unspecified atom stereocenters. The van der Waals surface area contributed by atoms with Crippen LogP contribution in [0, 0.1) is 0 Å². The molecule has 0 aliphatic heterocycles. The van der Waals surface area contributed by atoms with Crippen LogP contribution in [-0.2, 0) is 0 Å². The van der Waals surface area contributed by atoms with Gasteiger partial charge in [-0.2, -0.15) is 0 Å². The van der Waals surface area contributed by atoms with Crippen molar-refractivity contribution in [3.8, 4) is 0 Å². The molecule has 0 atom stereocenters. The molecule has 0 fully saturated rings. The van der Waals surface area contributed by atoms with Crippen LogP contribution >= 0.6 is 11.8 Å². The predicted octanol–water partition coefficient (Wildman–Crippen LogP) is 1.62. The van der Waals surface area contributed by atoms with Crippen LogP contribution in [0.5, 0.6) is 0 Å². The van der Waals surface area contributed by atoms with Crippen LogP contribution in [0.2, 0.25) is 0 Å². The lowest BCUT2D eigenvalue weighted by molar-refractivity contribution is 0.976. The highest BCUT2D eigenvalue weighted by atomic mass is 32.2. The highest BCUT2D eigenvalue weighted by Crippen LogP contribution is 2.25. The highest BCUT2D eigenvalue weighted by molar-refractivity contribution is 7.99. The number of nitrogens with one attached hydrogen (secondary N) is 1.